The third-order valence-electron chi connectivity index (χ3n) is 5.15. The van der Waals surface area contributed by atoms with E-state index in [1.54, 1.807) is 14.2 Å². The molecule has 0 radical (unpaired) electrons. The Hall–Kier alpha value is -2.01. The van der Waals surface area contributed by atoms with Gasteiger partial charge in [-0.25, -0.2) is 0 Å². The summed E-state index contributed by atoms with van der Waals surface area (Å²) in [7, 11) is 3.37. The van der Waals surface area contributed by atoms with Crippen LogP contribution in [0.15, 0.2) is 41.7 Å². The van der Waals surface area contributed by atoms with E-state index in [1.807, 2.05) is 29.2 Å². The zero-order valence-electron chi connectivity index (χ0n) is 18.7. The highest BCUT2D eigenvalue weighted by Gasteiger charge is 2.23. The molecule has 1 unspecified atom stereocenters. The molecule has 2 aromatic rings. The lowest BCUT2D eigenvalue weighted by Crippen LogP contribution is -2.44. The summed E-state index contributed by atoms with van der Waals surface area (Å²) in [5, 5.41) is 11.2. The Morgan fingerprint density at radius 1 is 1.23 bits per heavy atom. The number of aliphatic imine (C=N–C) groups is 1. The molecule has 1 saturated heterocycles. The van der Waals surface area contributed by atoms with E-state index in [4.69, 9.17) is 14.5 Å². The van der Waals surface area contributed by atoms with Crippen LogP contribution in [0.3, 0.4) is 0 Å². The molecule has 0 aliphatic carbocycles. The predicted octanol–water partition coefficient (Wildman–Crippen LogP) is 2.74. The fourth-order valence-corrected chi connectivity index (χ4v) is 3.68. The number of aromatic nitrogens is 2. The molecular formula is C22H35IN6O2. The summed E-state index contributed by atoms with van der Waals surface area (Å²) in [6, 6.07) is 8.40. The average Bonchev–Trinajstić information content (AvgIpc) is 3.43. The number of hydrogen-bond acceptors (Lipinski definition) is 5. The lowest BCUT2D eigenvalue weighted by atomic mass is 10.2. The van der Waals surface area contributed by atoms with Crippen LogP contribution >= 0.6 is 24.0 Å². The summed E-state index contributed by atoms with van der Waals surface area (Å²) < 4.78 is 12.7. The number of rotatable bonds is 10. The second-order valence-electron chi connectivity index (χ2n) is 7.47. The van der Waals surface area contributed by atoms with Crippen LogP contribution in [0.2, 0.25) is 0 Å². The molecule has 172 valence electrons. The van der Waals surface area contributed by atoms with Crippen LogP contribution in [0.5, 0.6) is 11.5 Å². The van der Waals surface area contributed by atoms with Crippen molar-refractivity contribution in [2.24, 2.45) is 4.99 Å². The number of guanidine groups is 1. The highest BCUT2D eigenvalue weighted by atomic mass is 127. The van der Waals surface area contributed by atoms with E-state index in [0.29, 0.717) is 6.04 Å². The molecule has 31 heavy (non-hydrogen) atoms. The van der Waals surface area contributed by atoms with Crippen LogP contribution in [-0.4, -0.2) is 67.1 Å². The minimum absolute atomic E-state index is 0. The number of methoxy groups -OCH3 is 2. The van der Waals surface area contributed by atoms with E-state index in [-0.39, 0.29) is 24.0 Å². The SMILES string of the molecule is CCNC(=NCCCn1cccn1)NC1CCN(Cc2cc(OC)cc(OC)c2)C1.I. The zero-order chi connectivity index (χ0) is 21.2. The third-order valence-corrected chi connectivity index (χ3v) is 5.15. The Kier molecular flexibility index (Phi) is 10.9. The monoisotopic (exact) mass is 542 g/mol. The van der Waals surface area contributed by atoms with Crippen molar-refractivity contribution in [2.75, 3.05) is 40.4 Å². The minimum atomic E-state index is 0. The molecular weight excluding hydrogens is 507 g/mol. The van der Waals surface area contributed by atoms with Gasteiger partial charge in [0, 0.05) is 63.8 Å². The second kappa shape index (κ2) is 13.4. The maximum absolute atomic E-state index is 5.39. The van der Waals surface area contributed by atoms with Crippen molar-refractivity contribution in [3.8, 4) is 11.5 Å². The van der Waals surface area contributed by atoms with Crippen molar-refractivity contribution in [2.45, 2.75) is 38.9 Å². The van der Waals surface area contributed by atoms with Crippen molar-refractivity contribution < 1.29 is 9.47 Å². The molecule has 9 heteroatoms. The number of ether oxygens (including phenoxy) is 2. The summed E-state index contributed by atoms with van der Waals surface area (Å²) >= 11 is 0. The van der Waals surface area contributed by atoms with E-state index in [2.05, 4.69) is 39.7 Å². The molecule has 0 spiro atoms. The highest BCUT2D eigenvalue weighted by molar-refractivity contribution is 14.0. The fraction of sp³-hybridized carbons (Fsp3) is 0.545. The predicted molar refractivity (Wildman–Crippen MR) is 135 cm³/mol. The molecule has 0 bridgehead atoms. The maximum atomic E-state index is 5.39. The number of hydrogen-bond donors (Lipinski definition) is 2. The number of benzene rings is 1. The molecule has 1 fully saturated rings. The summed E-state index contributed by atoms with van der Waals surface area (Å²) in [4.78, 5) is 7.18. The summed E-state index contributed by atoms with van der Waals surface area (Å²) in [5.74, 6) is 2.55. The maximum Gasteiger partial charge on any atom is 0.191 e. The lowest BCUT2D eigenvalue weighted by Gasteiger charge is -2.19. The van der Waals surface area contributed by atoms with E-state index in [0.717, 1.165) is 69.6 Å². The van der Waals surface area contributed by atoms with Crippen molar-refractivity contribution >= 4 is 29.9 Å². The largest absolute Gasteiger partial charge is 0.497 e. The smallest absolute Gasteiger partial charge is 0.191 e. The number of likely N-dealkylation sites (tertiary alicyclic amines) is 1. The quantitative estimate of drug-likeness (QED) is 0.208. The number of nitrogens with zero attached hydrogens (tertiary/aromatic N) is 4. The third kappa shape index (κ3) is 8.21. The highest BCUT2D eigenvalue weighted by Crippen LogP contribution is 2.24. The number of nitrogens with one attached hydrogen (secondary N) is 2. The Morgan fingerprint density at radius 2 is 2.00 bits per heavy atom. The van der Waals surface area contributed by atoms with Crippen LogP contribution in [0.25, 0.3) is 0 Å². The van der Waals surface area contributed by atoms with Gasteiger partial charge in [0.15, 0.2) is 5.96 Å². The number of aryl methyl sites for hydroxylation is 1. The van der Waals surface area contributed by atoms with Crippen LogP contribution in [0, 0.1) is 0 Å². The summed E-state index contributed by atoms with van der Waals surface area (Å²) in [5.41, 5.74) is 1.20. The molecule has 1 aliphatic rings. The van der Waals surface area contributed by atoms with Gasteiger partial charge in [-0.05, 0) is 43.5 Å². The Balaban J connectivity index is 0.00000341. The van der Waals surface area contributed by atoms with Crippen LogP contribution in [-0.2, 0) is 13.1 Å². The summed E-state index contributed by atoms with van der Waals surface area (Å²) in [6.07, 6.45) is 5.85. The molecule has 3 rings (SSSR count). The molecule has 0 saturated carbocycles. The van der Waals surface area contributed by atoms with Gasteiger partial charge < -0.3 is 20.1 Å². The van der Waals surface area contributed by atoms with Crippen LogP contribution < -0.4 is 20.1 Å². The Morgan fingerprint density at radius 3 is 2.65 bits per heavy atom. The molecule has 1 atom stereocenters. The van der Waals surface area contributed by atoms with Gasteiger partial charge in [-0.15, -0.1) is 24.0 Å². The van der Waals surface area contributed by atoms with Crippen LogP contribution in [0.1, 0.15) is 25.3 Å². The van der Waals surface area contributed by atoms with Crippen molar-refractivity contribution in [3.05, 3.63) is 42.2 Å². The van der Waals surface area contributed by atoms with Crippen molar-refractivity contribution in [1.29, 1.82) is 0 Å². The Bertz CT molecular complexity index is 777. The molecule has 2 heterocycles. The van der Waals surface area contributed by atoms with Gasteiger partial charge in [0.05, 0.1) is 14.2 Å². The molecule has 2 N–H and O–H groups in total. The first-order chi connectivity index (χ1) is 14.7. The number of halogens is 1. The van der Waals surface area contributed by atoms with Crippen molar-refractivity contribution in [3.63, 3.8) is 0 Å². The topological polar surface area (TPSA) is 75.9 Å². The standard InChI is InChI=1S/C22H34N6O2.HI/c1-4-23-22(24-8-5-10-28-11-6-9-25-28)26-19-7-12-27(17-19)16-18-13-20(29-2)15-21(14-18)30-3;/h6,9,11,13-15,19H,4-5,7-8,10,12,16-17H2,1-3H3,(H2,23,24,26);1H. The second-order valence-corrected chi connectivity index (χ2v) is 7.47. The van der Waals surface area contributed by atoms with E-state index >= 15 is 0 Å². The molecule has 1 aromatic heterocycles. The molecule has 0 amide bonds. The molecule has 8 nitrogen and oxygen atoms in total. The van der Waals surface area contributed by atoms with Gasteiger partial charge in [0.1, 0.15) is 11.5 Å². The van der Waals surface area contributed by atoms with E-state index in [9.17, 15) is 0 Å². The minimum Gasteiger partial charge on any atom is -0.497 e. The zero-order valence-corrected chi connectivity index (χ0v) is 21.0. The van der Waals surface area contributed by atoms with Gasteiger partial charge in [-0.1, -0.05) is 0 Å². The normalized spacial score (nSPS) is 16.6. The fourth-order valence-electron chi connectivity index (χ4n) is 3.68. The van der Waals surface area contributed by atoms with Crippen LogP contribution in [0.4, 0.5) is 0 Å². The first kappa shape index (κ1) is 25.3. The Labute approximate surface area is 202 Å². The first-order valence-electron chi connectivity index (χ1n) is 10.7. The lowest BCUT2D eigenvalue weighted by molar-refractivity contribution is 0.321. The van der Waals surface area contributed by atoms with Gasteiger partial charge >= 0.3 is 0 Å². The first-order valence-corrected chi connectivity index (χ1v) is 10.7. The van der Waals surface area contributed by atoms with Gasteiger partial charge in [-0.3, -0.25) is 14.6 Å². The summed E-state index contributed by atoms with van der Waals surface area (Å²) in [6.45, 7) is 7.52. The molecule has 1 aliphatic heterocycles. The average molecular weight is 542 g/mol. The van der Waals surface area contributed by atoms with Gasteiger partial charge in [0.2, 0.25) is 0 Å². The van der Waals surface area contributed by atoms with Gasteiger partial charge in [0.25, 0.3) is 0 Å². The van der Waals surface area contributed by atoms with E-state index < -0.39 is 0 Å². The van der Waals surface area contributed by atoms with Gasteiger partial charge in [-0.2, -0.15) is 5.10 Å². The molecule has 1 aromatic carbocycles. The van der Waals surface area contributed by atoms with E-state index in [1.165, 1.54) is 5.56 Å². The van der Waals surface area contributed by atoms with Crippen molar-refractivity contribution in [1.82, 2.24) is 25.3 Å².